The summed E-state index contributed by atoms with van der Waals surface area (Å²) in [5, 5.41) is 13.9. The van der Waals surface area contributed by atoms with Crippen LogP contribution >= 0.6 is 11.6 Å². The molecule has 16 heavy (non-hydrogen) atoms. The summed E-state index contributed by atoms with van der Waals surface area (Å²) >= 11 is 6.00. The Labute approximate surface area is 100 Å². The maximum Gasteiger partial charge on any atom is 0.328 e. The van der Waals surface area contributed by atoms with Crippen LogP contribution in [-0.2, 0) is 4.79 Å². The summed E-state index contributed by atoms with van der Waals surface area (Å²) in [7, 11) is 0. The van der Waals surface area contributed by atoms with Gasteiger partial charge in [0.1, 0.15) is 6.04 Å². The number of carboxylic acid groups (broad SMARTS) is 1. The fraction of sp³-hybridized carbons (Fsp3) is 0.636. The van der Waals surface area contributed by atoms with Gasteiger partial charge in [0, 0.05) is 0 Å². The minimum Gasteiger partial charge on any atom is -0.480 e. The maximum absolute atomic E-state index is 11.2. The average Bonchev–Trinajstić information content (AvgIpc) is 2.47. The quantitative estimate of drug-likeness (QED) is 0.866. The number of nitrogens with zero attached hydrogens (tertiary/aromatic N) is 2. The zero-order valence-electron chi connectivity index (χ0n) is 9.83. The molecule has 0 saturated heterocycles. The van der Waals surface area contributed by atoms with Gasteiger partial charge in [0.05, 0.1) is 16.4 Å². The predicted molar refractivity (Wildman–Crippen MR) is 62.9 cm³/mol. The Kier molecular flexibility index (Phi) is 4.35. The fourth-order valence-electron chi connectivity index (χ4n) is 1.69. The first-order valence-corrected chi connectivity index (χ1v) is 5.80. The van der Waals surface area contributed by atoms with Crippen molar-refractivity contribution in [3.63, 3.8) is 0 Å². The topological polar surface area (TPSA) is 55.1 Å². The van der Waals surface area contributed by atoms with E-state index in [-0.39, 0.29) is 0 Å². The van der Waals surface area contributed by atoms with Gasteiger partial charge in [-0.05, 0) is 20.3 Å². The number of aliphatic carboxylic acids is 1. The van der Waals surface area contributed by atoms with Crippen molar-refractivity contribution in [2.45, 2.75) is 46.1 Å². The number of halogens is 1. The average molecular weight is 245 g/mol. The third kappa shape index (κ3) is 2.55. The Hall–Kier alpha value is -1.03. The minimum absolute atomic E-state index is 0.558. The number of aromatic nitrogens is 2. The van der Waals surface area contributed by atoms with E-state index in [2.05, 4.69) is 5.10 Å². The first-order valence-electron chi connectivity index (χ1n) is 5.43. The molecule has 0 aromatic carbocycles. The summed E-state index contributed by atoms with van der Waals surface area (Å²) in [5.74, 6) is -0.851. The van der Waals surface area contributed by atoms with E-state index in [1.54, 1.807) is 13.8 Å². The number of carboxylic acids is 1. The van der Waals surface area contributed by atoms with Crippen LogP contribution < -0.4 is 0 Å². The number of hydrogen-bond acceptors (Lipinski definition) is 2. The molecule has 1 heterocycles. The van der Waals surface area contributed by atoms with Gasteiger partial charge in [-0.15, -0.1) is 0 Å². The minimum atomic E-state index is -0.851. The molecule has 1 aromatic rings. The molecule has 0 aliphatic carbocycles. The number of hydrogen-bond donors (Lipinski definition) is 1. The first kappa shape index (κ1) is 13.0. The molecule has 0 aliphatic rings. The van der Waals surface area contributed by atoms with Crippen molar-refractivity contribution in [1.29, 1.82) is 0 Å². The SMILES string of the molecule is CCCCC(C(=O)O)n1nc(C)c(Cl)c1C. The van der Waals surface area contributed by atoms with E-state index in [9.17, 15) is 9.90 Å². The Morgan fingerprint density at radius 3 is 2.56 bits per heavy atom. The number of carbonyl (C=O) groups is 1. The maximum atomic E-state index is 11.2. The number of unbranched alkanes of at least 4 members (excludes halogenated alkanes) is 1. The van der Waals surface area contributed by atoms with Crippen LogP contribution in [0.25, 0.3) is 0 Å². The van der Waals surface area contributed by atoms with Crippen LogP contribution in [0.5, 0.6) is 0 Å². The molecular weight excluding hydrogens is 228 g/mol. The van der Waals surface area contributed by atoms with Crippen LogP contribution in [0, 0.1) is 13.8 Å². The third-order valence-corrected chi connectivity index (χ3v) is 3.20. The molecule has 90 valence electrons. The van der Waals surface area contributed by atoms with Crippen molar-refractivity contribution in [2.75, 3.05) is 0 Å². The van der Waals surface area contributed by atoms with E-state index in [0.29, 0.717) is 17.1 Å². The lowest BCUT2D eigenvalue weighted by Crippen LogP contribution is -2.21. The Morgan fingerprint density at radius 2 is 2.19 bits per heavy atom. The zero-order chi connectivity index (χ0) is 12.3. The molecule has 1 rings (SSSR count). The summed E-state index contributed by atoms with van der Waals surface area (Å²) in [6.45, 7) is 5.61. The van der Waals surface area contributed by atoms with E-state index in [4.69, 9.17) is 11.6 Å². The largest absolute Gasteiger partial charge is 0.480 e. The lowest BCUT2D eigenvalue weighted by molar-refractivity contribution is -0.141. The molecular formula is C11H17ClN2O2. The zero-order valence-corrected chi connectivity index (χ0v) is 10.6. The van der Waals surface area contributed by atoms with Crippen LogP contribution in [0.4, 0.5) is 0 Å². The van der Waals surface area contributed by atoms with Crippen LogP contribution in [0.1, 0.15) is 43.6 Å². The monoisotopic (exact) mass is 244 g/mol. The summed E-state index contributed by atoms with van der Waals surface area (Å²) in [5.41, 5.74) is 1.41. The van der Waals surface area contributed by atoms with E-state index in [0.717, 1.165) is 18.5 Å². The van der Waals surface area contributed by atoms with Gasteiger partial charge in [0.15, 0.2) is 0 Å². The van der Waals surface area contributed by atoms with Crippen molar-refractivity contribution in [1.82, 2.24) is 9.78 Å². The molecule has 1 N–H and O–H groups in total. The van der Waals surface area contributed by atoms with E-state index < -0.39 is 12.0 Å². The second-order valence-corrected chi connectivity index (χ2v) is 4.30. The molecule has 5 heteroatoms. The molecule has 0 fully saturated rings. The molecule has 0 amide bonds. The lowest BCUT2D eigenvalue weighted by Gasteiger charge is -2.14. The van der Waals surface area contributed by atoms with Gasteiger partial charge in [0.25, 0.3) is 0 Å². The Morgan fingerprint density at radius 1 is 1.56 bits per heavy atom. The number of rotatable bonds is 5. The first-order chi connectivity index (χ1) is 7.49. The van der Waals surface area contributed by atoms with Gasteiger partial charge in [0.2, 0.25) is 0 Å². The number of aryl methyl sites for hydroxylation is 1. The van der Waals surface area contributed by atoms with Gasteiger partial charge < -0.3 is 5.11 Å². The van der Waals surface area contributed by atoms with Gasteiger partial charge in [-0.25, -0.2) is 4.79 Å². The molecule has 1 aromatic heterocycles. The normalized spacial score (nSPS) is 12.8. The van der Waals surface area contributed by atoms with Crippen molar-refractivity contribution in [2.24, 2.45) is 0 Å². The molecule has 0 saturated carbocycles. The van der Waals surface area contributed by atoms with Gasteiger partial charge in [-0.1, -0.05) is 31.4 Å². The lowest BCUT2D eigenvalue weighted by atomic mass is 10.1. The van der Waals surface area contributed by atoms with Crippen LogP contribution in [0.3, 0.4) is 0 Å². The highest BCUT2D eigenvalue weighted by molar-refractivity contribution is 6.31. The Bertz CT molecular complexity index is 388. The standard InChI is InChI=1S/C11H17ClN2O2/c1-4-5-6-9(11(15)16)14-8(3)10(12)7(2)13-14/h9H,4-6H2,1-3H3,(H,15,16). The third-order valence-electron chi connectivity index (χ3n) is 2.65. The fourth-order valence-corrected chi connectivity index (χ4v) is 1.82. The van der Waals surface area contributed by atoms with Crippen molar-refractivity contribution >= 4 is 17.6 Å². The summed E-state index contributed by atoms with van der Waals surface area (Å²) in [6, 6.07) is -0.605. The highest BCUT2D eigenvalue weighted by Gasteiger charge is 2.23. The van der Waals surface area contributed by atoms with Crippen molar-refractivity contribution in [3.05, 3.63) is 16.4 Å². The van der Waals surface area contributed by atoms with Crippen molar-refractivity contribution in [3.8, 4) is 0 Å². The van der Waals surface area contributed by atoms with E-state index >= 15 is 0 Å². The highest BCUT2D eigenvalue weighted by atomic mass is 35.5. The van der Waals surface area contributed by atoms with Crippen molar-refractivity contribution < 1.29 is 9.90 Å². The molecule has 4 nitrogen and oxygen atoms in total. The van der Waals surface area contributed by atoms with Crippen LogP contribution in [0.15, 0.2) is 0 Å². The molecule has 0 bridgehead atoms. The van der Waals surface area contributed by atoms with Crippen LogP contribution in [-0.4, -0.2) is 20.9 Å². The highest BCUT2D eigenvalue weighted by Crippen LogP contribution is 2.24. The smallest absolute Gasteiger partial charge is 0.328 e. The molecule has 1 unspecified atom stereocenters. The summed E-state index contributed by atoms with van der Waals surface area (Å²) < 4.78 is 1.52. The Balaban J connectivity index is 3.01. The molecule has 0 aliphatic heterocycles. The van der Waals surface area contributed by atoms with E-state index in [1.807, 2.05) is 6.92 Å². The van der Waals surface area contributed by atoms with Gasteiger partial charge in [-0.2, -0.15) is 5.10 Å². The molecule has 0 radical (unpaired) electrons. The van der Waals surface area contributed by atoms with E-state index in [1.165, 1.54) is 4.68 Å². The molecule has 0 spiro atoms. The molecule has 1 atom stereocenters. The summed E-state index contributed by atoms with van der Waals surface area (Å²) in [4.78, 5) is 11.2. The summed E-state index contributed by atoms with van der Waals surface area (Å²) in [6.07, 6.45) is 2.42. The van der Waals surface area contributed by atoms with Gasteiger partial charge in [-0.3, -0.25) is 4.68 Å². The van der Waals surface area contributed by atoms with Gasteiger partial charge >= 0.3 is 5.97 Å². The van der Waals surface area contributed by atoms with Crippen LogP contribution in [0.2, 0.25) is 5.02 Å². The predicted octanol–water partition coefficient (Wildman–Crippen LogP) is 2.97. The second kappa shape index (κ2) is 5.34. The second-order valence-electron chi connectivity index (χ2n) is 3.93.